The predicted octanol–water partition coefficient (Wildman–Crippen LogP) is 14.4. The molecule has 0 aliphatic rings. The number of nitrogens with zero attached hydrogens (tertiary/aromatic N) is 1. The van der Waals surface area contributed by atoms with Crippen LogP contribution in [-0.4, -0.2) is 75.6 Å². The minimum Gasteiger partial charge on any atom is -0.457 e. The largest absolute Gasteiger partial charge is 0.472 e. The van der Waals surface area contributed by atoms with Crippen LogP contribution < -0.4 is 0 Å². The topological polar surface area (TPSA) is 91.3 Å². The van der Waals surface area contributed by atoms with Gasteiger partial charge in [0.1, 0.15) is 19.3 Å². The Bertz CT molecular complexity index is 868. The van der Waals surface area contributed by atoms with E-state index in [2.05, 4.69) is 13.8 Å². The zero-order valence-electron chi connectivity index (χ0n) is 38.2. The first-order chi connectivity index (χ1) is 27.1. The molecule has 2 atom stereocenters. The molecule has 0 amide bonds. The molecule has 336 valence electrons. The Hall–Kier alpha value is -0.500. The molecular weight excluding hydrogens is 721 g/mol. The van der Waals surface area contributed by atoms with E-state index >= 15 is 0 Å². The SMILES string of the molecule is CCCCCCCCCCCCCCCCCCCCOCC(COP(=O)(O)OCC[N+](C)(C)C)OC(=O)CCCCCCCCCCCCCCCCCC. The molecule has 56 heavy (non-hydrogen) atoms. The van der Waals surface area contributed by atoms with Crippen molar-refractivity contribution >= 4 is 13.8 Å². The molecule has 0 aromatic carbocycles. The number of hydrogen-bond donors (Lipinski definition) is 1. The highest BCUT2D eigenvalue weighted by molar-refractivity contribution is 7.47. The first-order valence-electron chi connectivity index (χ1n) is 24.3. The maximum Gasteiger partial charge on any atom is 0.472 e. The van der Waals surface area contributed by atoms with Crippen LogP contribution in [0.1, 0.15) is 239 Å². The third-order valence-electron chi connectivity index (χ3n) is 10.9. The number of phosphoric acid groups is 1. The molecule has 2 unspecified atom stereocenters. The van der Waals surface area contributed by atoms with E-state index in [1.165, 1.54) is 186 Å². The summed E-state index contributed by atoms with van der Waals surface area (Å²) in [5, 5.41) is 0. The van der Waals surface area contributed by atoms with Crippen LogP contribution in [-0.2, 0) is 27.9 Å². The van der Waals surface area contributed by atoms with Gasteiger partial charge < -0.3 is 18.9 Å². The van der Waals surface area contributed by atoms with E-state index in [4.69, 9.17) is 18.5 Å². The molecule has 0 fully saturated rings. The van der Waals surface area contributed by atoms with Crippen molar-refractivity contribution in [3.05, 3.63) is 0 Å². The number of esters is 1. The highest BCUT2D eigenvalue weighted by Crippen LogP contribution is 2.43. The molecule has 1 N–H and O–H groups in total. The lowest BCUT2D eigenvalue weighted by atomic mass is 10.0. The second-order valence-electron chi connectivity index (χ2n) is 17.9. The van der Waals surface area contributed by atoms with Crippen LogP contribution in [0, 0.1) is 0 Å². The molecule has 0 aromatic rings. The van der Waals surface area contributed by atoms with Gasteiger partial charge in [-0.2, -0.15) is 0 Å². The highest BCUT2D eigenvalue weighted by Gasteiger charge is 2.26. The van der Waals surface area contributed by atoms with Gasteiger partial charge in [-0.1, -0.05) is 219 Å². The second kappa shape index (κ2) is 41.2. The van der Waals surface area contributed by atoms with Crippen LogP contribution in [0.15, 0.2) is 0 Å². The summed E-state index contributed by atoms with van der Waals surface area (Å²) >= 11 is 0. The molecule has 0 aliphatic carbocycles. The number of quaternary nitrogens is 1. The molecule has 0 spiro atoms. The quantitative estimate of drug-likeness (QED) is 0.0283. The van der Waals surface area contributed by atoms with Crippen LogP contribution in [0.3, 0.4) is 0 Å². The summed E-state index contributed by atoms with van der Waals surface area (Å²) < 4.78 is 35.1. The first kappa shape index (κ1) is 55.5. The maximum absolute atomic E-state index is 12.7. The highest BCUT2D eigenvalue weighted by atomic mass is 31.2. The Kier molecular flexibility index (Phi) is 40.9. The number of rotatable bonds is 46. The van der Waals surface area contributed by atoms with Gasteiger partial charge in [-0.15, -0.1) is 0 Å². The smallest absolute Gasteiger partial charge is 0.457 e. The third-order valence-corrected chi connectivity index (χ3v) is 11.9. The van der Waals surface area contributed by atoms with Crippen molar-refractivity contribution in [2.75, 3.05) is 54.1 Å². The van der Waals surface area contributed by atoms with Gasteiger partial charge in [0.15, 0.2) is 0 Å². The maximum atomic E-state index is 12.7. The number of ether oxygens (including phenoxy) is 2. The van der Waals surface area contributed by atoms with Crippen LogP contribution in [0.5, 0.6) is 0 Å². The average molecular weight is 819 g/mol. The minimum atomic E-state index is -4.27. The molecule has 0 radical (unpaired) electrons. The van der Waals surface area contributed by atoms with Gasteiger partial charge in [-0.25, -0.2) is 4.57 Å². The van der Waals surface area contributed by atoms with Gasteiger partial charge in [0.25, 0.3) is 0 Å². The fourth-order valence-electron chi connectivity index (χ4n) is 7.14. The van der Waals surface area contributed by atoms with Crippen LogP contribution >= 0.6 is 7.82 Å². The lowest BCUT2D eigenvalue weighted by Gasteiger charge is -2.24. The fourth-order valence-corrected chi connectivity index (χ4v) is 7.89. The Morgan fingerprint density at radius 2 is 0.821 bits per heavy atom. The van der Waals surface area contributed by atoms with Gasteiger partial charge in [0.2, 0.25) is 0 Å². The molecule has 0 heterocycles. The van der Waals surface area contributed by atoms with E-state index in [1.54, 1.807) is 0 Å². The molecule has 8 nitrogen and oxygen atoms in total. The summed E-state index contributed by atoms with van der Waals surface area (Å²) in [6.45, 7) is 5.69. The van der Waals surface area contributed by atoms with Crippen molar-refractivity contribution < 1.29 is 37.3 Å². The van der Waals surface area contributed by atoms with Crippen molar-refractivity contribution in [1.82, 2.24) is 0 Å². The summed E-state index contributed by atoms with van der Waals surface area (Å²) in [5.41, 5.74) is 0. The van der Waals surface area contributed by atoms with E-state index in [0.717, 1.165) is 32.1 Å². The van der Waals surface area contributed by atoms with Gasteiger partial charge in [0.05, 0.1) is 34.4 Å². The Balaban J connectivity index is 4.12. The standard InChI is InChI=1S/C47H96NO7P/c1-6-8-10-12-14-16-18-20-22-24-25-27-29-31-33-35-37-39-42-52-44-46(45-54-56(50,51)53-43-41-48(3,4)5)55-47(49)40-38-36-34-32-30-28-26-23-21-19-17-15-13-11-9-7-2/h46H,6-45H2,1-5H3/p+1. The number of phosphoric ester groups is 1. The molecule has 0 saturated heterocycles. The third kappa shape index (κ3) is 44.6. The molecule has 0 saturated carbocycles. The average Bonchev–Trinajstić information content (AvgIpc) is 3.15. The monoisotopic (exact) mass is 819 g/mol. The molecule has 0 aliphatic heterocycles. The van der Waals surface area contributed by atoms with Gasteiger partial charge in [-0.05, 0) is 12.8 Å². The molecular formula is C47H97NO7P+. The number of unbranched alkanes of at least 4 members (excludes halogenated alkanes) is 32. The normalized spacial score (nSPS) is 13.6. The van der Waals surface area contributed by atoms with Gasteiger partial charge in [-0.3, -0.25) is 13.8 Å². The molecule has 9 heteroatoms. The Morgan fingerprint density at radius 1 is 0.482 bits per heavy atom. The predicted molar refractivity (Wildman–Crippen MR) is 238 cm³/mol. The van der Waals surface area contributed by atoms with Gasteiger partial charge in [0, 0.05) is 13.0 Å². The van der Waals surface area contributed by atoms with Crippen molar-refractivity contribution in [3.63, 3.8) is 0 Å². The van der Waals surface area contributed by atoms with Crippen LogP contribution in [0.4, 0.5) is 0 Å². The zero-order chi connectivity index (χ0) is 41.3. The first-order valence-corrected chi connectivity index (χ1v) is 25.8. The summed E-state index contributed by atoms with van der Waals surface area (Å²) in [6.07, 6.45) is 44.2. The van der Waals surface area contributed by atoms with E-state index in [9.17, 15) is 14.3 Å². The Labute approximate surface area is 348 Å². The summed E-state index contributed by atoms with van der Waals surface area (Å²) in [6, 6.07) is 0. The lowest BCUT2D eigenvalue weighted by molar-refractivity contribution is -0.870. The number of carbonyl (C=O) groups is 1. The van der Waals surface area contributed by atoms with Crippen LogP contribution in [0.25, 0.3) is 0 Å². The van der Waals surface area contributed by atoms with E-state index < -0.39 is 13.9 Å². The Morgan fingerprint density at radius 3 is 1.18 bits per heavy atom. The fraction of sp³-hybridized carbons (Fsp3) is 0.979. The molecule has 0 rings (SSSR count). The van der Waals surface area contributed by atoms with Crippen molar-refractivity contribution in [1.29, 1.82) is 0 Å². The zero-order valence-corrected chi connectivity index (χ0v) is 39.0. The number of likely N-dealkylation sites (N-methyl/N-ethyl adjacent to an activating group) is 1. The second-order valence-corrected chi connectivity index (χ2v) is 19.3. The number of hydrogen-bond acceptors (Lipinski definition) is 6. The van der Waals surface area contributed by atoms with Gasteiger partial charge >= 0.3 is 13.8 Å². The number of carbonyl (C=O) groups excluding carboxylic acids is 1. The van der Waals surface area contributed by atoms with Crippen LogP contribution in [0.2, 0.25) is 0 Å². The summed E-state index contributed by atoms with van der Waals surface area (Å²) in [4.78, 5) is 22.9. The molecule has 0 bridgehead atoms. The summed E-state index contributed by atoms with van der Waals surface area (Å²) in [7, 11) is 1.69. The van der Waals surface area contributed by atoms with E-state index in [0.29, 0.717) is 24.1 Å². The lowest BCUT2D eigenvalue weighted by Crippen LogP contribution is -2.37. The van der Waals surface area contributed by atoms with E-state index in [-0.39, 0.29) is 25.8 Å². The minimum absolute atomic E-state index is 0.0941. The van der Waals surface area contributed by atoms with E-state index in [1.807, 2.05) is 21.1 Å². The van der Waals surface area contributed by atoms with Crippen molar-refractivity contribution in [3.8, 4) is 0 Å². The summed E-state index contributed by atoms with van der Waals surface area (Å²) in [5.74, 6) is -0.306. The molecule has 0 aromatic heterocycles. The van der Waals surface area contributed by atoms with Crippen molar-refractivity contribution in [2.45, 2.75) is 245 Å². The van der Waals surface area contributed by atoms with Crippen molar-refractivity contribution in [2.24, 2.45) is 0 Å².